The minimum absolute atomic E-state index is 0.0354. The van der Waals surface area contributed by atoms with Crippen LogP contribution in [0.4, 0.5) is 5.69 Å². The van der Waals surface area contributed by atoms with Crippen molar-refractivity contribution in [2.24, 2.45) is 11.7 Å². The number of carbonyl (C=O) groups excluding carboxylic acids is 1. The van der Waals surface area contributed by atoms with Gasteiger partial charge in [-0.05, 0) is 38.7 Å². The van der Waals surface area contributed by atoms with Gasteiger partial charge in [0.2, 0.25) is 5.91 Å². The number of hydrogen-bond donors (Lipinski definition) is 2. The van der Waals surface area contributed by atoms with Crippen molar-refractivity contribution in [3.63, 3.8) is 0 Å². The van der Waals surface area contributed by atoms with Gasteiger partial charge < -0.3 is 15.6 Å². The zero-order valence-electron chi connectivity index (χ0n) is 11.3. The van der Waals surface area contributed by atoms with Gasteiger partial charge in [-0.3, -0.25) is 9.59 Å². The normalized spacial score (nSPS) is 23.1. The maximum absolute atomic E-state index is 12.1. The predicted molar refractivity (Wildman–Crippen MR) is 74.9 cm³/mol. The van der Waals surface area contributed by atoms with E-state index in [9.17, 15) is 9.59 Å². The number of carbonyl (C=O) groups is 1. The van der Waals surface area contributed by atoms with Crippen LogP contribution < -0.4 is 16.6 Å². The summed E-state index contributed by atoms with van der Waals surface area (Å²) >= 11 is 0. The van der Waals surface area contributed by atoms with Crippen LogP contribution in [0.15, 0.2) is 23.1 Å². The third-order valence-corrected chi connectivity index (χ3v) is 3.73. The number of amides is 1. The molecule has 0 saturated heterocycles. The first-order chi connectivity index (χ1) is 9.10. The Kier molecular flexibility index (Phi) is 4.37. The maximum Gasteiger partial charge on any atom is 0.250 e. The first-order valence-corrected chi connectivity index (χ1v) is 6.87. The van der Waals surface area contributed by atoms with E-state index in [4.69, 9.17) is 5.73 Å². The summed E-state index contributed by atoms with van der Waals surface area (Å²) in [5, 5.41) is 2.89. The molecule has 1 aromatic heterocycles. The molecule has 1 aliphatic carbocycles. The molecule has 19 heavy (non-hydrogen) atoms. The summed E-state index contributed by atoms with van der Waals surface area (Å²) in [6.45, 7) is 2.50. The topological polar surface area (TPSA) is 77.1 Å². The van der Waals surface area contributed by atoms with E-state index in [2.05, 4.69) is 5.32 Å². The lowest BCUT2D eigenvalue weighted by Gasteiger charge is -2.25. The molecule has 1 saturated carbocycles. The van der Waals surface area contributed by atoms with Gasteiger partial charge in [0.25, 0.3) is 5.56 Å². The number of aryl methyl sites for hydroxylation is 1. The number of hydrogen-bond acceptors (Lipinski definition) is 3. The molecule has 5 heteroatoms. The molecule has 1 amide bonds. The minimum Gasteiger partial charge on any atom is -0.328 e. The van der Waals surface area contributed by atoms with Gasteiger partial charge in [-0.2, -0.15) is 0 Å². The van der Waals surface area contributed by atoms with Crippen molar-refractivity contribution in [3.8, 4) is 0 Å². The van der Waals surface area contributed by atoms with Crippen LogP contribution in [0.3, 0.4) is 0 Å². The van der Waals surface area contributed by atoms with Crippen LogP contribution in [-0.4, -0.2) is 16.5 Å². The number of aromatic nitrogens is 1. The second-order valence-corrected chi connectivity index (χ2v) is 5.14. The van der Waals surface area contributed by atoms with Gasteiger partial charge in [0, 0.05) is 30.8 Å². The number of nitrogens with zero attached hydrogens (tertiary/aromatic N) is 1. The van der Waals surface area contributed by atoms with E-state index in [1.54, 1.807) is 16.8 Å². The Labute approximate surface area is 112 Å². The van der Waals surface area contributed by atoms with Gasteiger partial charge in [-0.25, -0.2) is 0 Å². The van der Waals surface area contributed by atoms with Gasteiger partial charge in [0.05, 0.1) is 5.69 Å². The molecule has 0 radical (unpaired) electrons. The average Bonchev–Trinajstić information content (AvgIpc) is 2.41. The number of nitrogens with two attached hydrogens (primary N) is 1. The van der Waals surface area contributed by atoms with Gasteiger partial charge >= 0.3 is 0 Å². The molecular weight excluding hydrogens is 242 g/mol. The molecule has 3 N–H and O–H groups in total. The summed E-state index contributed by atoms with van der Waals surface area (Å²) in [5.74, 6) is 0.0787. The Morgan fingerprint density at radius 1 is 1.37 bits per heavy atom. The molecular formula is C14H21N3O2. The molecule has 2 rings (SSSR count). The molecule has 0 unspecified atom stereocenters. The largest absolute Gasteiger partial charge is 0.328 e. The van der Waals surface area contributed by atoms with Crippen molar-refractivity contribution in [1.82, 2.24) is 4.57 Å². The van der Waals surface area contributed by atoms with Crippen molar-refractivity contribution in [2.45, 2.75) is 45.2 Å². The zero-order valence-corrected chi connectivity index (χ0v) is 11.3. The summed E-state index contributed by atoms with van der Waals surface area (Å²) in [4.78, 5) is 23.6. The zero-order chi connectivity index (χ0) is 13.8. The second kappa shape index (κ2) is 6.02. The van der Waals surface area contributed by atoms with Crippen LogP contribution in [0.5, 0.6) is 0 Å². The number of nitrogens with one attached hydrogen (secondary N) is 1. The average molecular weight is 263 g/mol. The van der Waals surface area contributed by atoms with Gasteiger partial charge in [-0.1, -0.05) is 0 Å². The summed E-state index contributed by atoms with van der Waals surface area (Å²) in [5.41, 5.74) is 6.46. The smallest absolute Gasteiger partial charge is 0.250 e. The molecule has 1 aromatic rings. The first-order valence-electron chi connectivity index (χ1n) is 6.87. The highest BCUT2D eigenvalue weighted by Gasteiger charge is 2.24. The monoisotopic (exact) mass is 263 g/mol. The Morgan fingerprint density at radius 2 is 2.05 bits per heavy atom. The van der Waals surface area contributed by atoms with Crippen LogP contribution in [0.1, 0.15) is 32.6 Å². The Balaban J connectivity index is 2.00. The molecule has 1 aliphatic rings. The van der Waals surface area contributed by atoms with Crippen molar-refractivity contribution in [3.05, 3.63) is 28.7 Å². The highest BCUT2D eigenvalue weighted by molar-refractivity contribution is 5.92. The second-order valence-electron chi connectivity index (χ2n) is 5.14. The molecule has 0 aromatic carbocycles. The van der Waals surface area contributed by atoms with E-state index in [0.29, 0.717) is 12.2 Å². The van der Waals surface area contributed by atoms with Crippen LogP contribution in [0, 0.1) is 5.92 Å². The minimum atomic E-state index is -0.0517. The Morgan fingerprint density at radius 3 is 2.68 bits per heavy atom. The summed E-state index contributed by atoms with van der Waals surface area (Å²) in [6.07, 6.45) is 5.20. The van der Waals surface area contributed by atoms with Crippen molar-refractivity contribution in [1.29, 1.82) is 0 Å². The van der Waals surface area contributed by atoms with Gasteiger partial charge in [0.1, 0.15) is 0 Å². The summed E-state index contributed by atoms with van der Waals surface area (Å²) in [7, 11) is 0. The van der Waals surface area contributed by atoms with Crippen molar-refractivity contribution < 1.29 is 4.79 Å². The van der Waals surface area contributed by atoms with E-state index in [0.717, 1.165) is 25.7 Å². The highest BCUT2D eigenvalue weighted by atomic mass is 16.2. The van der Waals surface area contributed by atoms with Crippen LogP contribution in [0.25, 0.3) is 0 Å². The fourth-order valence-electron chi connectivity index (χ4n) is 2.48. The van der Waals surface area contributed by atoms with Crippen molar-refractivity contribution in [2.75, 3.05) is 5.32 Å². The van der Waals surface area contributed by atoms with Crippen LogP contribution in [-0.2, 0) is 11.3 Å². The fraction of sp³-hybridized carbons (Fsp3) is 0.571. The van der Waals surface area contributed by atoms with E-state index >= 15 is 0 Å². The van der Waals surface area contributed by atoms with Crippen molar-refractivity contribution >= 4 is 11.6 Å². The predicted octanol–water partition coefficient (Wildman–Crippen LogP) is 1.32. The van der Waals surface area contributed by atoms with E-state index in [1.807, 2.05) is 6.92 Å². The lowest BCUT2D eigenvalue weighted by molar-refractivity contribution is -0.120. The lowest BCUT2D eigenvalue weighted by Crippen LogP contribution is -2.32. The Hall–Kier alpha value is -1.62. The molecule has 1 fully saturated rings. The van der Waals surface area contributed by atoms with Crippen LogP contribution >= 0.6 is 0 Å². The molecule has 0 aliphatic heterocycles. The highest BCUT2D eigenvalue weighted by Crippen LogP contribution is 2.24. The molecule has 1 heterocycles. The number of rotatable bonds is 3. The number of pyridine rings is 1. The molecule has 0 bridgehead atoms. The summed E-state index contributed by atoms with van der Waals surface area (Å²) < 4.78 is 1.58. The standard InChI is InChI=1S/C14H21N3O2/c1-2-17-9-12(7-8-13(17)18)16-14(19)10-3-5-11(15)6-4-10/h7-11H,2-6,15H2,1H3,(H,16,19). The molecule has 0 spiro atoms. The quantitative estimate of drug-likeness (QED) is 0.863. The molecule has 104 valence electrons. The fourth-order valence-corrected chi connectivity index (χ4v) is 2.48. The van der Waals surface area contributed by atoms with E-state index in [-0.39, 0.29) is 23.4 Å². The SMILES string of the molecule is CCn1cc(NC(=O)C2CCC(N)CC2)ccc1=O. The van der Waals surface area contributed by atoms with E-state index in [1.165, 1.54) is 6.07 Å². The van der Waals surface area contributed by atoms with Gasteiger partial charge in [0.15, 0.2) is 0 Å². The summed E-state index contributed by atoms with van der Waals surface area (Å²) in [6, 6.07) is 3.38. The molecule has 5 nitrogen and oxygen atoms in total. The van der Waals surface area contributed by atoms with Crippen LogP contribution in [0.2, 0.25) is 0 Å². The lowest BCUT2D eigenvalue weighted by atomic mass is 9.86. The van der Waals surface area contributed by atoms with E-state index < -0.39 is 0 Å². The molecule has 0 atom stereocenters. The Bertz CT molecular complexity index is 502. The third kappa shape index (κ3) is 3.44. The van der Waals surface area contributed by atoms with Gasteiger partial charge in [-0.15, -0.1) is 0 Å². The maximum atomic E-state index is 12.1. The number of anilines is 1. The first kappa shape index (κ1) is 13.8. The third-order valence-electron chi connectivity index (χ3n) is 3.73.